The highest BCUT2D eigenvalue weighted by Gasteiger charge is 2.15. The number of Topliss-reactive ketones (excluding diaryl/α,β-unsaturated/α-hetero) is 1. The lowest BCUT2D eigenvalue weighted by atomic mass is 10.1. The van der Waals surface area contributed by atoms with E-state index in [1.165, 1.54) is 13.0 Å². The molecule has 14 heavy (non-hydrogen) atoms. The Labute approximate surface area is 84.4 Å². The predicted molar refractivity (Wildman–Crippen MR) is 54.8 cm³/mol. The van der Waals surface area contributed by atoms with Gasteiger partial charge in [-0.05, 0) is 12.8 Å². The summed E-state index contributed by atoms with van der Waals surface area (Å²) >= 11 is 0. The summed E-state index contributed by atoms with van der Waals surface area (Å²) in [6, 6.07) is 0. The number of carbonyl (C=O) groups excluding carboxylic acids is 2. The van der Waals surface area contributed by atoms with E-state index < -0.39 is 5.97 Å². The van der Waals surface area contributed by atoms with Gasteiger partial charge in [-0.25, -0.2) is 4.79 Å². The largest absolute Gasteiger partial charge is 0.458 e. The van der Waals surface area contributed by atoms with Crippen LogP contribution in [0.25, 0.3) is 0 Å². The Morgan fingerprint density at radius 3 is 2.36 bits per heavy atom. The van der Waals surface area contributed by atoms with Crippen LogP contribution in [0.4, 0.5) is 0 Å². The van der Waals surface area contributed by atoms with Crippen LogP contribution >= 0.6 is 0 Å². The maximum Gasteiger partial charge on any atom is 0.341 e. The van der Waals surface area contributed by atoms with Gasteiger partial charge in [0.15, 0.2) is 5.78 Å². The molecule has 3 heteroatoms. The van der Waals surface area contributed by atoms with Crippen molar-refractivity contribution in [2.24, 2.45) is 5.92 Å². The Morgan fingerprint density at radius 1 is 1.43 bits per heavy atom. The monoisotopic (exact) mass is 196 g/mol. The fourth-order valence-electron chi connectivity index (χ4n) is 0.875. The SMILES string of the molecule is C=CCOC(=O)/C(=C/C(C)C)C(C)=O. The van der Waals surface area contributed by atoms with Gasteiger partial charge in [0.2, 0.25) is 0 Å². The average molecular weight is 196 g/mol. The predicted octanol–water partition coefficient (Wildman–Crippen LogP) is 1.89. The standard InChI is InChI=1S/C11H16O3/c1-5-6-14-11(13)10(9(4)12)7-8(2)3/h5,7-8H,1,6H2,2-4H3/b10-7+. The second-order valence-electron chi connectivity index (χ2n) is 3.27. The van der Waals surface area contributed by atoms with Crippen molar-refractivity contribution in [3.63, 3.8) is 0 Å². The van der Waals surface area contributed by atoms with E-state index >= 15 is 0 Å². The molecule has 0 N–H and O–H groups in total. The molecule has 3 nitrogen and oxygen atoms in total. The summed E-state index contributed by atoms with van der Waals surface area (Å²) in [5, 5.41) is 0. The minimum atomic E-state index is -0.578. The minimum absolute atomic E-state index is 0.113. The van der Waals surface area contributed by atoms with Crippen LogP contribution in [0.15, 0.2) is 24.3 Å². The molecule has 0 unspecified atom stereocenters. The lowest BCUT2D eigenvalue weighted by molar-refractivity contribution is -0.139. The van der Waals surface area contributed by atoms with Crippen LogP contribution in [0.5, 0.6) is 0 Å². The number of esters is 1. The van der Waals surface area contributed by atoms with Crippen LogP contribution in [0.2, 0.25) is 0 Å². The van der Waals surface area contributed by atoms with Gasteiger partial charge in [-0.3, -0.25) is 4.79 Å². The van der Waals surface area contributed by atoms with Gasteiger partial charge < -0.3 is 4.74 Å². The third-order valence-corrected chi connectivity index (χ3v) is 1.43. The molecule has 0 aliphatic heterocycles. The summed E-state index contributed by atoms with van der Waals surface area (Å²) in [7, 11) is 0. The molecule has 0 atom stereocenters. The summed E-state index contributed by atoms with van der Waals surface area (Å²) in [4.78, 5) is 22.4. The van der Waals surface area contributed by atoms with Crippen molar-refractivity contribution in [3.8, 4) is 0 Å². The average Bonchev–Trinajstić information content (AvgIpc) is 2.09. The Balaban J connectivity index is 4.58. The minimum Gasteiger partial charge on any atom is -0.458 e. The summed E-state index contributed by atoms with van der Waals surface area (Å²) in [6.45, 7) is 8.68. The van der Waals surface area contributed by atoms with Gasteiger partial charge in [0.1, 0.15) is 6.61 Å². The molecule has 0 saturated heterocycles. The first-order chi connectivity index (χ1) is 6.49. The van der Waals surface area contributed by atoms with E-state index in [1.54, 1.807) is 6.08 Å². The van der Waals surface area contributed by atoms with Crippen LogP contribution in [0, 0.1) is 5.92 Å². The molecule has 0 fully saturated rings. The van der Waals surface area contributed by atoms with Crippen molar-refractivity contribution >= 4 is 11.8 Å². The van der Waals surface area contributed by atoms with Crippen molar-refractivity contribution in [2.45, 2.75) is 20.8 Å². The first-order valence-corrected chi connectivity index (χ1v) is 4.49. The Bertz CT molecular complexity index is 262. The maximum absolute atomic E-state index is 11.3. The van der Waals surface area contributed by atoms with Crippen LogP contribution < -0.4 is 0 Å². The number of rotatable bonds is 5. The topological polar surface area (TPSA) is 43.4 Å². The normalized spacial score (nSPS) is 11.3. The second-order valence-corrected chi connectivity index (χ2v) is 3.27. The van der Waals surface area contributed by atoms with E-state index in [9.17, 15) is 9.59 Å². The van der Waals surface area contributed by atoms with Crippen molar-refractivity contribution in [2.75, 3.05) is 6.61 Å². The Kier molecular flexibility index (Phi) is 5.53. The van der Waals surface area contributed by atoms with Gasteiger partial charge in [0, 0.05) is 0 Å². The Hall–Kier alpha value is -1.38. The zero-order chi connectivity index (χ0) is 11.1. The zero-order valence-electron chi connectivity index (χ0n) is 8.87. The van der Waals surface area contributed by atoms with E-state index in [0.717, 1.165) is 0 Å². The summed E-state index contributed by atoms with van der Waals surface area (Å²) in [5.74, 6) is -0.705. The van der Waals surface area contributed by atoms with Crippen molar-refractivity contribution in [3.05, 3.63) is 24.3 Å². The lowest BCUT2D eigenvalue weighted by Crippen LogP contribution is -2.14. The maximum atomic E-state index is 11.3. The zero-order valence-corrected chi connectivity index (χ0v) is 8.87. The molecule has 0 radical (unpaired) electrons. The molecule has 0 aromatic rings. The van der Waals surface area contributed by atoms with Crippen LogP contribution in [-0.2, 0) is 14.3 Å². The number of ether oxygens (including phenoxy) is 1. The Morgan fingerprint density at radius 2 is 2.00 bits per heavy atom. The molecule has 0 saturated carbocycles. The second kappa shape index (κ2) is 6.13. The number of hydrogen-bond donors (Lipinski definition) is 0. The van der Waals surface area contributed by atoms with Crippen LogP contribution in [-0.4, -0.2) is 18.4 Å². The molecular weight excluding hydrogens is 180 g/mol. The molecule has 0 aromatic carbocycles. The molecule has 0 spiro atoms. The molecular formula is C11H16O3. The number of ketones is 1. The van der Waals surface area contributed by atoms with Gasteiger partial charge in [-0.1, -0.05) is 32.6 Å². The third kappa shape index (κ3) is 4.60. The molecule has 0 aromatic heterocycles. The van der Waals surface area contributed by atoms with E-state index in [4.69, 9.17) is 4.74 Å². The molecule has 0 aliphatic rings. The quantitative estimate of drug-likeness (QED) is 0.222. The first kappa shape index (κ1) is 12.6. The molecule has 0 rings (SSSR count). The fraction of sp³-hybridized carbons (Fsp3) is 0.455. The van der Waals surface area contributed by atoms with Gasteiger partial charge in [0.05, 0.1) is 5.57 Å². The molecule has 0 amide bonds. The van der Waals surface area contributed by atoms with Gasteiger partial charge in [-0.2, -0.15) is 0 Å². The van der Waals surface area contributed by atoms with Gasteiger partial charge in [0.25, 0.3) is 0 Å². The van der Waals surface area contributed by atoms with E-state index in [-0.39, 0.29) is 23.9 Å². The van der Waals surface area contributed by atoms with Crippen molar-refractivity contribution < 1.29 is 14.3 Å². The highest BCUT2D eigenvalue weighted by Crippen LogP contribution is 2.06. The van der Waals surface area contributed by atoms with Crippen LogP contribution in [0.3, 0.4) is 0 Å². The fourth-order valence-corrected chi connectivity index (χ4v) is 0.875. The van der Waals surface area contributed by atoms with Crippen molar-refractivity contribution in [1.82, 2.24) is 0 Å². The highest BCUT2D eigenvalue weighted by atomic mass is 16.5. The highest BCUT2D eigenvalue weighted by molar-refractivity contribution is 6.16. The molecule has 0 bridgehead atoms. The summed E-state index contributed by atoms with van der Waals surface area (Å²) in [6.07, 6.45) is 3.07. The third-order valence-electron chi connectivity index (χ3n) is 1.43. The first-order valence-electron chi connectivity index (χ1n) is 4.49. The number of carbonyl (C=O) groups is 2. The van der Waals surface area contributed by atoms with E-state index in [2.05, 4.69) is 6.58 Å². The smallest absolute Gasteiger partial charge is 0.341 e. The lowest BCUT2D eigenvalue weighted by Gasteiger charge is -2.04. The number of allylic oxidation sites excluding steroid dienone is 1. The molecule has 0 heterocycles. The molecule has 0 aliphatic carbocycles. The van der Waals surface area contributed by atoms with E-state index in [0.29, 0.717) is 0 Å². The van der Waals surface area contributed by atoms with Crippen LogP contribution in [0.1, 0.15) is 20.8 Å². The van der Waals surface area contributed by atoms with Gasteiger partial charge >= 0.3 is 5.97 Å². The molecule has 78 valence electrons. The number of hydrogen-bond acceptors (Lipinski definition) is 3. The van der Waals surface area contributed by atoms with E-state index in [1.807, 2.05) is 13.8 Å². The van der Waals surface area contributed by atoms with Gasteiger partial charge in [-0.15, -0.1) is 0 Å². The summed E-state index contributed by atoms with van der Waals surface area (Å²) in [5.41, 5.74) is 0.113. The van der Waals surface area contributed by atoms with Crippen molar-refractivity contribution in [1.29, 1.82) is 0 Å². The summed E-state index contributed by atoms with van der Waals surface area (Å²) < 4.78 is 4.77.